The predicted octanol–water partition coefficient (Wildman–Crippen LogP) is 0.326. The number of ketones is 4. The molecule has 0 spiro atoms. The maximum absolute atomic E-state index is 11.1. The van der Waals surface area contributed by atoms with Crippen LogP contribution in [0.4, 0.5) is 0 Å². The molecular weight excluding hydrogens is 228 g/mol. The molecular formula is C9H12FeO4+2. The molecule has 14 heavy (non-hydrogen) atoms. The molecule has 0 rings (SSSR count). The van der Waals surface area contributed by atoms with Crippen LogP contribution in [0.15, 0.2) is 0 Å². The van der Waals surface area contributed by atoms with Gasteiger partial charge in [0.2, 0.25) is 5.41 Å². The third-order valence-electron chi connectivity index (χ3n) is 2.11. The molecule has 78 valence electrons. The van der Waals surface area contributed by atoms with Gasteiger partial charge in [0.05, 0.1) is 0 Å². The minimum atomic E-state index is -2.06. The number of carbonyl (C=O) groups is 4. The molecule has 0 aliphatic carbocycles. The van der Waals surface area contributed by atoms with Crippen molar-refractivity contribution in [3.05, 3.63) is 0 Å². The average molecular weight is 240 g/mol. The smallest absolute Gasteiger partial charge is 0.298 e. The predicted molar refractivity (Wildman–Crippen MR) is 45.2 cm³/mol. The van der Waals surface area contributed by atoms with E-state index in [9.17, 15) is 19.2 Å². The van der Waals surface area contributed by atoms with Crippen LogP contribution in [0.1, 0.15) is 27.7 Å². The van der Waals surface area contributed by atoms with Gasteiger partial charge in [0.15, 0.2) is 23.1 Å². The van der Waals surface area contributed by atoms with Gasteiger partial charge in [0.1, 0.15) is 0 Å². The van der Waals surface area contributed by atoms with Crippen LogP contribution in [0.5, 0.6) is 0 Å². The zero-order chi connectivity index (χ0) is 10.8. The van der Waals surface area contributed by atoms with Gasteiger partial charge >= 0.3 is 17.1 Å². The van der Waals surface area contributed by atoms with E-state index in [0.717, 1.165) is 27.7 Å². The molecule has 0 aromatic rings. The van der Waals surface area contributed by atoms with E-state index in [-0.39, 0.29) is 17.1 Å². The first-order chi connectivity index (χ1) is 5.77. The number of hydrogen-bond donors (Lipinski definition) is 0. The zero-order valence-corrected chi connectivity index (χ0v) is 9.59. The van der Waals surface area contributed by atoms with Gasteiger partial charge < -0.3 is 0 Å². The number of Topliss-reactive ketones (excluding diaryl/α,β-unsaturated/α-hetero) is 4. The van der Waals surface area contributed by atoms with E-state index in [4.69, 9.17) is 0 Å². The van der Waals surface area contributed by atoms with Gasteiger partial charge in [-0.2, -0.15) is 0 Å². The molecule has 0 unspecified atom stereocenters. The summed E-state index contributed by atoms with van der Waals surface area (Å²) >= 11 is 0. The summed E-state index contributed by atoms with van der Waals surface area (Å²) in [5.41, 5.74) is -2.06. The molecule has 0 heterocycles. The van der Waals surface area contributed by atoms with Crippen LogP contribution < -0.4 is 0 Å². The van der Waals surface area contributed by atoms with Crippen LogP contribution in [0.3, 0.4) is 0 Å². The molecule has 0 saturated heterocycles. The largest absolute Gasteiger partial charge is 2.00 e. The molecule has 0 bridgehead atoms. The summed E-state index contributed by atoms with van der Waals surface area (Å²) in [4.78, 5) is 44.5. The summed E-state index contributed by atoms with van der Waals surface area (Å²) in [5.74, 6) is -2.83. The summed E-state index contributed by atoms with van der Waals surface area (Å²) in [5, 5.41) is 0. The van der Waals surface area contributed by atoms with E-state index in [1.807, 2.05) is 0 Å². The quantitative estimate of drug-likeness (QED) is 0.524. The van der Waals surface area contributed by atoms with E-state index in [1.165, 1.54) is 0 Å². The minimum absolute atomic E-state index is 0. The van der Waals surface area contributed by atoms with Gasteiger partial charge in [0, 0.05) is 0 Å². The van der Waals surface area contributed by atoms with Crippen molar-refractivity contribution in [2.24, 2.45) is 5.41 Å². The first-order valence-corrected chi connectivity index (χ1v) is 3.82. The van der Waals surface area contributed by atoms with Gasteiger partial charge in [-0.1, -0.05) is 0 Å². The Kier molecular flexibility index (Phi) is 5.79. The van der Waals surface area contributed by atoms with Crippen LogP contribution in [0.25, 0.3) is 0 Å². The van der Waals surface area contributed by atoms with Crippen molar-refractivity contribution in [2.75, 3.05) is 0 Å². The van der Waals surface area contributed by atoms with Crippen LogP contribution in [0.2, 0.25) is 0 Å². The van der Waals surface area contributed by atoms with Crippen molar-refractivity contribution >= 4 is 23.1 Å². The number of carbonyl (C=O) groups excluding carboxylic acids is 4. The van der Waals surface area contributed by atoms with Crippen molar-refractivity contribution in [1.82, 2.24) is 0 Å². The minimum Gasteiger partial charge on any atom is -0.298 e. The number of hydrogen-bond acceptors (Lipinski definition) is 4. The van der Waals surface area contributed by atoms with Gasteiger partial charge in [0.25, 0.3) is 0 Å². The monoisotopic (exact) mass is 240 g/mol. The molecule has 4 nitrogen and oxygen atoms in total. The first-order valence-electron chi connectivity index (χ1n) is 3.82. The third-order valence-corrected chi connectivity index (χ3v) is 2.11. The summed E-state index contributed by atoms with van der Waals surface area (Å²) < 4.78 is 0. The average Bonchev–Trinajstić information content (AvgIpc) is 1.82. The van der Waals surface area contributed by atoms with Crippen molar-refractivity contribution in [2.45, 2.75) is 27.7 Å². The van der Waals surface area contributed by atoms with E-state index in [2.05, 4.69) is 0 Å². The van der Waals surface area contributed by atoms with Crippen molar-refractivity contribution < 1.29 is 36.2 Å². The van der Waals surface area contributed by atoms with Crippen LogP contribution in [-0.2, 0) is 36.2 Å². The molecule has 0 radical (unpaired) electrons. The fourth-order valence-electron chi connectivity index (χ4n) is 1.49. The maximum atomic E-state index is 11.1. The van der Waals surface area contributed by atoms with E-state index >= 15 is 0 Å². The van der Waals surface area contributed by atoms with Crippen LogP contribution >= 0.6 is 0 Å². The normalized spacial score (nSPS) is 10.0. The third kappa shape index (κ3) is 2.16. The maximum Gasteiger partial charge on any atom is 2.00 e. The molecule has 0 aromatic heterocycles. The Morgan fingerprint density at radius 2 is 0.786 bits per heavy atom. The van der Waals surface area contributed by atoms with Gasteiger partial charge in [-0.05, 0) is 27.7 Å². The first kappa shape index (κ1) is 15.7. The molecule has 5 heteroatoms. The number of rotatable bonds is 4. The molecule has 0 fully saturated rings. The molecule has 0 N–H and O–H groups in total. The standard InChI is InChI=1S/C9H12O4.Fe/c1-5(10)9(6(2)11,7(3)12)8(4)13;/h1-4H3;/q;+2. The Hall–Kier alpha value is -0.801. The second kappa shape index (κ2) is 5.17. The van der Waals surface area contributed by atoms with Crippen LogP contribution in [0, 0.1) is 5.41 Å². The molecule has 0 aliphatic rings. The van der Waals surface area contributed by atoms with Gasteiger partial charge in [-0.15, -0.1) is 0 Å². The second-order valence-corrected chi connectivity index (χ2v) is 2.97. The summed E-state index contributed by atoms with van der Waals surface area (Å²) in [7, 11) is 0. The fourth-order valence-corrected chi connectivity index (χ4v) is 1.49. The molecule has 0 amide bonds. The summed E-state index contributed by atoms with van der Waals surface area (Å²) in [6.07, 6.45) is 0. The zero-order valence-electron chi connectivity index (χ0n) is 8.49. The molecule has 0 atom stereocenters. The van der Waals surface area contributed by atoms with Crippen molar-refractivity contribution in [1.29, 1.82) is 0 Å². The Balaban J connectivity index is 0. The van der Waals surface area contributed by atoms with Gasteiger partial charge in [-0.3, -0.25) is 19.2 Å². The van der Waals surface area contributed by atoms with E-state index < -0.39 is 28.5 Å². The van der Waals surface area contributed by atoms with Crippen molar-refractivity contribution in [3.63, 3.8) is 0 Å². The molecule has 0 aromatic carbocycles. The molecule has 0 saturated carbocycles. The Labute approximate surface area is 92.9 Å². The topological polar surface area (TPSA) is 68.3 Å². The summed E-state index contributed by atoms with van der Waals surface area (Å²) in [6, 6.07) is 0. The fraction of sp³-hybridized carbons (Fsp3) is 0.556. The summed E-state index contributed by atoms with van der Waals surface area (Å²) in [6.45, 7) is 4.29. The van der Waals surface area contributed by atoms with Gasteiger partial charge in [-0.25, -0.2) is 0 Å². The van der Waals surface area contributed by atoms with E-state index in [1.54, 1.807) is 0 Å². The Morgan fingerprint density at radius 3 is 0.786 bits per heavy atom. The van der Waals surface area contributed by atoms with Crippen LogP contribution in [-0.4, -0.2) is 23.1 Å². The Bertz CT molecular complexity index is 232. The molecule has 0 aliphatic heterocycles. The Morgan fingerprint density at radius 1 is 0.643 bits per heavy atom. The van der Waals surface area contributed by atoms with E-state index in [0.29, 0.717) is 0 Å². The SMILES string of the molecule is CC(=O)C(C(C)=O)(C(C)=O)C(C)=O.[Fe+2]. The second-order valence-electron chi connectivity index (χ2n) is 2.97. The van der Waals surface area contributed by atoms with Crippen molar-refractivity contribution in [3.8, 4) is 0 Å².